The topological polar surface area (TPSA) is 62.0 Å². The van der Waals surface area contributed by atoms with E-state index in [1.807, 2.05) is 32.2 Å². The molecule has 5 heteroatoms. The molecule has 0 fully saturated rings. The third kappa shape index (κ3) is 4.01. The van der Waals surface area contributed by atoms with E-state index < -0.39 is 6.04 Å². The highest BCUT2D eigenvalue weighted by molar-refractivity contribution is 7.10. The van der Waals surface area contributed by atoms with Crippen LogP contribution in [0.25, 0.3) is 0 Å². The SMILES string of the molecule is CC(=O)c1c(C)[nH]c(C(=O)[C@H](C)N[C@@H](c2ccc(C)cc2)c2cccs2)c1C. The molecule has 0 bridgehead atoms. The van der Waals surface area contributed by atoms with Crippen molar-refractivity contribution in [2.24, 2.45) is 0 Å². The first kappa shape index (κ1) is 20.2. The molecule has 1 aromatic carbocycles. The first-order valence-electron chi connectivity index (χ1n) is 9.40. The molecular weight excluding hydrogens is 368 g/mol. The lowest BCUT2D eigenvalue weighted by atomic mass is 10.00. The van der Waals surface area contributed by atoms with Gasteiger partial charge in [0, 0.05) is 16.1 Å². The molecular formula is C23H26N2O2S. The van der Waals surface area contributed by atoms with Crippen LogP contribution in [0.3, 0.4) is 0 Å². The number of aryl methyl sites for hydroxylation is 2. The van der Waals surface area contributed by atoms with Crippen LogP contribution in [0.15, 0.2) is 41.8 Å². The Morgan fingerprint density at radius 1 is 1.07 bits per heavy atom. The van der Waals surface area contributed by atoms with Crippen LogP contribution < -0.4 is 5.32 Å². The van der Waals surface area contributed by atoms with Gasteiger partial charge in [-0.05, 0) is 57.2 Å². The van der Waals surface area contributed by atoms with Gasteiger partial charge in [-0.25, -0.2) is 0 Å². The van der Waals surface area contributed by atoms with Gasteiger partial charge in [0.1, 0.15) is 0 Å². The zero-order valence-corrected chi connectivity index (χ0v) is 17.7. The van der Waals surface area contributed by atoms with Gasteiger partial charge in [-0.15, -0.1) is 11.3 Å². The molecule has 2 aromatic heterocycles. The van der Waals surface area contributed by atoms with E-state index in [1.54, 1.807) is 11.3 Å². The van der Waals surface area contributed by atoms with E-state index in [0.717, 1.165) is 21.7 Å². The number of ketones is 2. The van der Waals surface area contributed by atoms with E-state index in [4.69, 9.17) is 0 Å². The molecule has 4 nitrogen and oxygen atoms in total. The summed E-state index contributed by atoms with van der Waals surface area (Å²) in [5.41, 5.74) is 4.92. The number of benzene rings is 1. The maximum absolute atomic E-state index is 13.1. The van der Waals surface area contributed by atoms with Gasteiger partial charge < -0.3 is 4.98 Å². The summed E-state index contributed by atoms with van der Waals surface area (Å²) in [6.07, 6.45) is 0. The number of nitrogens with one attached hydrogen (secondary N) is 2. The summed E-state index contributed by atoms with van der Waals surface area (Å²) in [7, 11) is 0. The van der Waals surface area contributed by atoms with E-state index in [1.165, 1.54) is 12.5 Å². The second kappa shape index (κ2) is 8.25. The van der Waals surface area contributed by atoms with Gasteiger partial charge >= 0.3 is 0 Å². The molecule has 0 amide bonds. The van der Waals surface area contributed by atoms with Gasteiger partial charge in [0.2, 0.25) is 0 Å². The molecule has 0 spiro atoms. The summed E-state index contributed by atoms with van der Waals surface area (Å²) in [6.45, 7) is 9.13. The number of hydrogen-bond acceptors (Lipinski definition) is 4. The van der Waals surface area contributed by atoms with Crippen molar-refractivity contribution in [1.29, 1.82) is 0 Å². The van der Waals surface area contributed by atoms with Crippen molar-refractivity contribution in [2.75, 3.05) is 0 Å². The monoisotopic (exact) mass is 394 g/mol. The summed E-state index contributed by atoms with van der Waals surface area (Å²) in [5.74, 6) is -0.0659. The number of H-pyrrole nitrogens is 1. The molecule has 2 N–H and O–H groups in total. The van der Waals surface area contributed by atoms with Crippen LogP contribution in [0.2, 0.25) is 0 Å². The Bertz CT molecular complexity index is 985. The fourth-order valence-electron chi connectivity index (χ4n) is 3.62. The molecule has 0 radical (unpaired) electrons. The first-order valence-corrected chi connectivity index (χ1v) is 10.3. The van der Waals surface area contributed by atoms with Crippen LogP contribution >= 0.6 is 11.3 Å². The molecule has 0 unspecified atom stereocenters. The van der Waals surface area contributed by atoms with E-state index in [-0.39, 0.29) is 17.6 Å². The molecule has 0 saturated heterocycles. The van der Waals surface area contributed by atoms with Gasteiger partial charge in [0.05, 0.1) is 17.8 Å². The lowest BCUT2D eigenvalue weighted by molar-refractivity contribution is 0.0942. The Kier molecular flexibility index (Phi) is 5.96. The normalized spacial score (nSPS) is 13.3. The lowest BCUT2D eigenvalue weighted by Crippen LogP contribution is -2.37. The second-order valence-electron chi connectivity index (χ2n) is 7.29. The second-order valence-corrected chi connectivity index (χ2v) is 8.27. The minimum absolute atomic E-state index is 0.0259. The van der Waals surface area contributed by atoms with Gasteiger partial charge in [-0.2, -0.15) is 0 Å². The number of Topliss-reactive ketones (excluding diaryl/α,β-unsaturated/α-hetero) is 2. The van der Waals surface area contributed by atoms with Crippen LogP contribution in [0, 0.1) is 20.8 Å². The van der Waals surface area contributed by atoms with Gasteiger partial charge in [0.25, 0.3) is 0 Å². The summed E-state index contributed by atoms with van der Waals surface area (Å²) in [6, 6.07) is 12.0. The summed E-state index contributed by atoms with van der Waals surface area (Å²) >= 11 is 1.67. The highest BCUT2D eigenvalue weighted by Crippen LogP contribution is 2.28. The molecule has 0 saturated carbocycles. The summed E-state index contributed by atoms with van der Waals surface area (Å²) in [4.78, 5) is 29.3. The van der Waals surface area contributed by atoms with Crippen LogP contribution in [-0.2, 0) is 0 Å². The molecule has 2 heterocycles. The van der Waals surface area contributed by atoms with Crippen molar-refractivity contribution in [3.05, 3.63) is 80.3 Å². The Hall–Kier alpha value is -2.50. The Balaban J connectivity index is 1.89. The number of rotatable bonds is 7. The fourth-order valence-corrected chi connectivity index (χ4v) is 4.44. The van der Waals surface area contributed by atoms with Gasteiger partial charge in [0.15, 0.2) is 11.6 Å². The van der Waals surface area contributed by atoms with Crippen molar-refractivity contribution >= 4 is 22.9 Å². The van der Waals surface area contributed by atoms with Crippen LogP contribution in [0.1, 0.15) is 68.0 Å². The molecule has 0 aliphatic carbocycles. The van der Waals surface area contributed by atoms with Crippen molar-refractivity contribution in [3.8, 4) is 0 Å². The zero-order chi connectivity index (χ0) is 20.4. The molecule has 3 aromatic rings. The quantitative estimate of drug-likeness (QED) is 0.545. The molecule has 3 rings (SSSR count). The van der Waals surface area contributed by atoms with Crippen molar-refractivity contribution in [2.45, 2.75) is 46.7 Å². The maximum Gasteiger partial charge on any atom is 0.195 e. The highest BCUT2D eigenvalue weighted by atomic mass is 32.1. The Labute approximate surface area is 170 Å². The molecule has 146 valence electrons. The molecule has 2 atom stereocenters. The van der Waals surface area contributed by atoms with Gasteiger partial charge in [-0.1, -0.05) is 35.9 Å². The van der Waals surface area contributed by atoms with Crippen molar-refractivity contribution in [1.82, 2.24) is 10.3 Å². The van der Waals surface area contributed by atoms with Crippen LogP contribution in [0.4, 0.5) is 0 Å². The Morgan fingerprint density at radius 2 is 1.75 bits per heavy atom. The first-order chi connectivity index (χ1) is 13.3. The fraction of sp³-hybridized carbons (Fsp3) is 0.304. The van der Waals surface area contributed by atoms with Crippen LogP contribution in [0.5, 0.6) is 0 Å². The largest absolute Gasteiger partial charge is 0.355 e. The number of aromatic nitrogens is 1. The van der Waals surface area contributed by atoms with Crippen molar-refractivity contribution in [3.63, 3.8) is 0 Å². The third-order valence-electron chi connectivity index (χ3n) is 5.08. The zero-order valence-electron chi connectivity index (χ0n) is 16.9. The maximum atomic E-state index is 13.1. The average Bonchev–Trinajstić information content (AvgIpc) is 3.27. The molecule has 28 heavy (non-hydrogen) atoms. The minimum atomic E-state index is -0.412. The Morgan fingerprint density at radius 3 is 2.29 bits per heavy atom. The average molecular weight is 395 g/mol. The number of carbonyl (C=O) groups excluding carboxylic acids is 2. The minimum Gasteiger partial charge on any atom is -0.355 e. The number of aromatic amines is 1. The summed E-state index contributed by atoms with van der Waals surface area (Å²) in [5, 5.41) is 5.54. The van der Waals surface area contributed by atoms with E-state index in [0.29, 0.717) is 11.3 Å². The molecule has 0 aliphatic heterocycles. The predicted molar refractivity (Wildman–Crippen MR) is 115 cm³/mol. The van der Waals surface area contributed by atoms with E-state index in [2.05, 4.69) is 47.6 Å². The number of thiophene rings is 1. The smallest absolute Gasteiger partial charge is 0.195 e. The number of hydrogen-bond donors (Lipinski definition) is 2. The lowest BCUT2D eigenvalue weighted by Gasteiger charge is -2.22. The van der Waals surface area contributed by atoms with Gasteiger partial charge in [-0.3, -0.25) is 14.9 Å². The van der Waals surface area contributed by atoms with Crippen molar-refractivity contribution < 1.29 is 9.59 Å². The van der Waals surface area contributed by atoms with Crippen LogP contribution in [-0.4, -0.2) is 22.6 Å². The highest BCUT2D eigenvalue weighted by Gasteiger charge is 2.26. The standard InChI is InChI=1S/C23H26N2O2S/c1-13-8-10-18(11-9-13)22(19-7-6-12-28-19)25-16(4)23(27)21-14(2)20(17(5)26)15(3)24-21/h6-12,16,22,24-25H,1-5H3/t16-,22-/m0/s1. The third-order valence-corrected chi connectivity index (χ3v) is 6.02. The molecule has 0 aliphatic rings. The summed E-state index contributed by atoms with van der Waals surface area (Å²) < 4.78 is 0. The predicted octanol–water partition coefficient (Wildman–Crippen LogP) is 5.15. The van der Waals surface area contributed by atoms with E-state index >= 15 is 0 Å². The number of carbonyl (C=O) groups is 2. The van der Waals surface area contributed by atoms with E-state index in [9.17, 15) is 9.59 Å².